The fourth-order valence-corrected chi connectivity index (χ4v) is 3.13. The molecule has 0 aromatic carbocycles. The van der Waals surface area contributed by atoms with Gasteiger partial charge in [-0.3, -0.25) is 4.79 Å². The number of hydrogen-bond donors (Lipinski definition) is 3. The molecule has 3 N–H and O–H groups in total. The summed E-state index contributed by atoms with van der Waals surface area (Å²) in [5, 5.41) is 12.0. The van der Waals surface area contributed by atoms with Gasteiger partial charge in [0.05, 0.1) is 6.33 Å². The van der Waals surface area contributed by atoms with Gasteiger partial charge in [-0.05, 0) is 18.6 Å². The third-order valence-electron chi connectivity index (χ3n) is 2.83. The van der Waals surface area contributed by atoms with Gasteiger partial charge in [-0.25, -0.2) is 9.78 Å². The summed E-state index contributed by atoms with van der Waals surface area (Å²) in [5.74, 6) is -0.479. The Morgan fingerprint density at radius 3 is 3.06 bits per heavy atom. The topological polar surface area (TPSA) is 95.1 Å². The quantitative estimate of drug-likeness (QED) is 0.761. The van der Waals surface area contributed by atoms with Crippen LogP contribution < -0.4 is 5.32 Å². The van der Waals surface area contributed by atoms with Crippen LogP contribution in [0.4, 0.5) is 0 Å². The van der Waals surface area contributed by atoms with Gasteiger partial charge in [0.25, 0.3) is 5.91 Å². The zero-order valence-electron chi connectivity index (χ0n) is 9.81. The highest BCUT2D eigenvalue weighted by atomic mass is 32.2. The summed E-state index contributed by atoms with van der Waals surface area (Å²) in [6.45, 7) is 0.565. The fourth-order valence-electron chi connectivity index (χ4n) is 1.89. The molecule has 18 heavy (non-hydrogen) atoms. The first kappa shape index (κ1) is 12.9. The molecule has 2 rings (SSSR count). The molecule has 0 spiro atoms. The lowest BCUT2D eigenvalue weighted by Gasteiger charge is -2.21. The van der Waals surface area contributed by atoms with Crippen LogP contribution in [-0.2, 0) is 0 Å². The van der Waals surface area contributed by atoms with Crippen LogP contribution in [0.2, 0.25) is 0 Å². The van der Waals surface area contributed by atoms with Crippen LogP contribution in [0, 0.1) is 0 Å². The Morgan fingerprint density at radius 1 is 1.56 bits per heavy atom. The average Bonchev–Trinajstić information content (AvgIpc) is 2.86. The number of aromatic carboxylic acids is 1. The van der Waals surface area contributed by atoms with Crippen LogP contribution in [0.15, 0.2) is 6.33 Å². The van der Waals surface area contributed by atoms with Crippen LogP contribution in [0.3, 0.4) is 0 Å². The summed E-state index contributed by atoms with van der Waals surface area (Å²) in [5.41, 5.74) is -0.216. The van der Waals surface area contributed by atoms with Crippen molar-refractivity contribution in [3.8, 4) is 0 Å². The van der Waals surface area contributed by atoms with Crippen molar-refractivity contribution in [1.29, 1.82) is 0 Å². The maximum Gasteiger partial charge on any atom is 0.354 e. The standard InChI is InChI=1S/C11H15N3O3S/c15-10(8-9(11(16)17)14-6-13-8)12-5-7-3-1-2-4-18-7/h6-7H,1-5H2,(H,12,15)(H,13,14)(H,16,17). The van der Waals surface area contributed by atoms with Crippen LogP contribution in [0.5, 0.6) is 0 Å². The van der Waals surface area contributed by atoms with E-state index in [0.29, 0.717) is 11.8 Å². The van der Waals surface area contributed by atoms with Crippen molar-refractivity contribution in [1.82, 2.24) is 15.3 Å². The molecular weight excluding hydrogens is 254 g/mol. The molecule has 98 valence electrons. The van der Waals surface area contributed by atoms with Gasteiger partial charge in [-0.15, -0.1) is 0 Å². The molecule has 0 aliphatic carbocycles. The number of carbonyl (C=O) groups excluding carboxylic acids is 1. The Bertz CT molecular complexity index is 440. The van der Waals surface area contributed by atoms with Gasteiger partial charge < -0.3 is 15.4 Å². The van der Waals surface area contributed by atoms with Crippen molar-refractivity contribution in [3.05, 3.63) is 17.7 Å². The highest BCUT2D eigenvalue weighted by molar-refractivity contribution is 7.99. The lowest BCUT2D eigenvalue weighted by molar-refractivity contribution is 0.0685. The molecule has 1 saturated heterocycles. The number of thioether (sulfide) groups is 1. The van der Waals surface area contributed by atoms with E-state index in [2.05, 4.69) is 15.3 Å². The van der Waals surface area contributed by atoms with E-state index in [4.69, 9.17) is 5.11 Å². The normalized spacial score (nSPS) is 19.4. The highest BCUT2D eigenvalue weighted by Gasteiger charge is 2.21. The zero-order chi connectivity index (χ0) is 13.0. The third kappa shape index (κ3) is 3.04. The fraction of sp³-hybridized carbons (Fsp3) is 0.545. The smallest absolute Gasteiger partial charge is 0.354 e. The molecule has 6 nitrogen and oxygen atoms in total. The molecule has 1 amide bonds. The van der Waals surface area contributed by atoms with Crippen LogP contribution >= 0.6 is 11.8 Å². The first-order valence-corrected chi connectivity index (χ1v) is 6.90. The van der Waals surface area contributed by atoms with Crippen molar-refractivity contribution in [3.63, 3.8) is 0 Å². The Kier molecular flexibility index (Phi) is 4.24. The molecular formula is C11H15N3O3S. The number of carbonyl (C=O) groups is 2. The largest absolute Gasteiger partial charge is 0.477 e. The molecule has 0 saturated carbocycles. The first-order valence-electron chi connectivity index (χ1n) is 5.85. The van der Waals surface area contributed by atoms with Gasteiger partial charge in [0.2, 0.25) is 0 Å². The van der Waals surface area contributed by atoms with E-state index < -0.39 is 11.9 Å². The Hall–Kier alpha value is -1.50. The minimum absolute atomic E-state index is 0.0525. The molecule has 1 aromatic rings. The molecule has 2 heterocycles. The third-order valence-corrected chi connectivity index (χ3v) is 4.23. The van der Waals surface area contributed by atoms with Gasteiger partial charge in [0.15, 0.2) is 11.4 Å². The lowest BCUT2D eigenvalue weighted by atomic mass is 10.2. The number of H-pyrrole nitrogens is 1. The predicted molar refractivity (Wildman–Crippen MR) is 68.0 cm³/mol. The number of nitrogens with one attached hydrogen (secondary N) is 2. The number of amides is 1. The summed E-state index contributed by atoms with van der Waals surface area (Å²) >= 11 is 1.85. The molecule has 1 aliphatic rings. The van der Waals surface area contributed by atoms with Crippen molar-refractivity contribution >= 4 is 23.6 Å². The summed E-state index contributed by atoms with van der Waals surface area (Å²) < 4.78 is 0. The van der Waals surface area contributed by atoms with Crippen LogP contribution in [-0.4, -0.2) is 44.5 Å². The van der Waals surface area contributed by atoms with Gasteiger partial charge in [0, 0.05) is 11.8 Å². The number of carboxylic acid groups (broad SMARTS) is 1. The van der Waals surface area contributed by atoms with E-state index >= 15 is 0 Å². The lowest BCUT2D eigenvalue weighted by Crippen LogP contribution is -2.33. The average molecular weight is 269 g/mol. The van der Waals surface area contributed by atoms with Crippen LogP contribution in [0.1, 0.15) is 40.2 Å². The van der Waals surface area contributed by atoms with E-state index in [0.717, 1.165) is 12.2 Å². The summed E-state index contributed by atoms with van der Waals surface area (Å²) in [7, 11) is 0. The number of rotatable bonds is 4. The van der Waals surface area contributed by atoms with Gasteiger partial charge in [-0.1, -0.05) is 6.42 Å². The molecule has 1 atom stereocenters. The predicted octanol–water partition coefficient (Wildman–Crippen LogP) is 1.12. The molecule has 0 bridgehead atoms. The summed E-state index contributed by atoms with van der Waals surface area (Å²) in [6, 6.07) is 0. The summed E-state index contributed by atoms with van der Waals surface area (Å²) in [6.07, 6.45) is 4.74. The molecule has 1 fully saturated rings. The first-order chi connectivity index (χ1) is 8.68. The second-order valence-electron chi connectivity index (χ2n) is 4.13. The number of aromatic amines is 1. The molecule has 1 unspecified atom stereocenters. The zero-order valence-corrected chi connectivity index (χ0v) is 10.6. The SMILES string of the molecule is O=C(NCC1CCCCS1)c1nc[nH]c1C(=O)O. The van der Waals surface area contributed by atoms with Gasteiger partial charge in [0.1, 0.15) is 0 Å². The molecule has 1 aliphatic heterocycles. The molecule has 1 aromatic heterocycles. The van der Waals surface area contributed by atoms with Crippen LogP contribution in [0.25, 0.3) is 0 Å². The number of carboxylic acids is 1. The highest BCUT2D eigenvalue weighted by Crippen LogP contribution is 2.24. The Balaban J connectivity index is 1.91. The second kappa shape index (κ2) is 5.90. The number of aromatic nitrogens is 2. The van der Waals surface area contributed by atoms with Crippen molar-refractivity contribution in [2.24, 2.45) is 0 Å². The van der Waals surface area contributed by atoms with Crippen molar-refractivity contribution < 1.29 is 14.7 Å². The van der Waals surface area contributed by atoms with E-state index in [-0.39, 0.29) is 11.4 Å². The van der Waals surface area contributed by atoms with E-state index in [1.165, 1.54) is 19.2 Å². The maximum atomic E-state index is 11.8. The maximum absolute atomic E-state index is 11.8. The van der Waals surface area contributed by atoms with Gasteiger partial charge >= 0.3 is 5.97 Å². The second-order valence-corrected chi connectivity index (χ2v) is 5.54. The minimum atomic E-state index is -1.18. The Morgan fingerprint density at radius 2 is 2.39 bits per heavy atom. The van der Waals surface area contributed by atoms with E-state index in [9.17, 15) is 9.59 Å². The number of imidazole rings is 1. The molecule has 0 radical (unpaired) electrons. The molecule has 7 heteroatoms. The van der Waals surface area contributed by atoms with Gasteiger partial charge in [-0.2, -0.15) is 11.8 Å². The summed E-state index contributed by atoms with van der Waals surface area (Å²) in [4.78, 5) is 28.8. The van der Waals surface area contributed by atoms with Crippen molar-refractivity contribution in [2.45, 2.75) is 24.5 Å². The van der Waals surface area contributed by atoms with E-state index in [1.807, 2.05) is 11.8 Å². The number of hydrogen-bond acceptors (Lipinski definition) is 4. The minimum Gasteiger partial charge on any atom is -0.477 e. The Labute approximate surface area is 109 Å². The van der Waals surface area contributed by atoms with Crippen molar-refractivity contribution in [2.75, 3.05) is 12.3 Å². The number of nitrogens with zero attached hydrogens (tertiary/aromatic N) is 1. The monoisotopic (exact) mass is 269 g/mol. The van der Waals surface area contributed by atoms with E-state index in [1.54, 1.807) is 0 Å².